The maximum absolute atomic E-state index is 12.3. The van der Waals surface area contributed by atoms with E-state index >= 15 is 0 Å². The molecule has 0 aromatic heterocycles. The molecule has 0 unspecified atom stereocenters. The quantitative estimate of drug-likeness (QED) is 0.111. The van der Waals surface area contributed by atoms with Gasteiger partial charge in [-0.3, -0.25) is 9.78 Å². The summed E-state index contributed by atoms with van der Waals surface area (Å²) >= 11 is 0. The van der Waals surface area contributed by atoms with Crippen LogP contribution in [0.15, 0.2) is 48.5 Å². The Balaban J connectivity index is 1.83. The first kappa shape index (κ1) is 28.5. The predicted molar refractivity (Wildman–Crippen MR) is 133 cm³/mol. The second kappa shape index (κ2) is 16.8. The Hall–Kier alpha value is -2.74. The summed E-state index contributed by atoms with van der Waals surface area (Å²) in [7, 11) is 0. The maximum Gasteiger partial charge on any atom is 0.373 e. The fourth-order valence-corrected chi connectivity index (χ4v) is 3.35. The number of hydrogen-bond donors (Lipinski definition) is 0. The fraction of sp³-hybridized carbons (Fsp3) is 0.500. The van der Waals surface area contributed by atoms with Crippen LogP contribution in [0.3, 0.4) is 0 Å². The normalized spacial score (nSPS) is 11.0. The smallest absolute Gasteiger partial charge is 0.373 e. The van der Waals surface area contributed by atoms with Gasteiger partial charge in [-0.25, -0.2) is 9.59 Å². The lowest BCUT2D eigenvalue weighted by atomic mass is 10.1. The molecule has 0 saturated heterocycles. The Morgan fingerprint density at radius 1 is 0.657 bits per heavy atom. The second-order valence-corrected chi connectivity index (χ2v) is 8.33. The molecule has 0 atom stereocenters. The standard InChI is InChI=1S/C28H38O7/c1-4-7-9-11-22-13-17-24(18-14-22)27(29)34-32-26(21-31-6-3)33-35-28(30)25-19-15-23(16-20-25)12-10-8-5-2/h13-20,26H,4-12,21H2,1-3H3. The largest absolute Gasteiger partial charge is 0.376 e. The van der Waals surface area contributed by atoms with Crippen LogP contribution in [0.4, 0.5) is 0 Å². The Morgan fingerprint density at radius 3 is 1.46 bits per heavy atom. The van der Waals surface area contributed by atoms with Crippen molar-refractivity contribution in [1.29, 1.82) is 0 Å². The summed E-state index contributed by atoms with van der Waals surface area (Å²) in [5, 5.41) is 0. The van der Waals surface area contributed by atoms with Crippen LogP contribution in [0.1, 0.15) is 91.1 Å². The molecule has 0 spiro atoms. The minimum Gasteiger partial charge on any atom is -0.376 e. The minimum absolute atomic E-state index is 0.0935. The fourth-order valence-electron chi connectivity index (χ4n) is 3.35. The maximum atomic E-state index is 12.3. The molecule has 2 aromatic rings. The third kappa shape index (κ3) is 11.0. The van der Waals surface area contributed by atoms with E-state index in [4.69, 9.17) is 24.3 Å². The number of rotatable bonds is 17. The van der Waals surface area contributed by atoms with E-state index in [0.29, 0.717) is 17.7 Å². The van der Waals surface area contributed by atoms with Crippen molar-refractivity contribution in [2.24, 2.45) is 0 Å². The van der Waals surface area contributed by atoms with Crippen molar-refractivity contribution >= 4 is 11.9 Å². The average molecular weight is 487 g/mol. The molecule has 0 saturated carbocycles. The van der Waals surface area contributed by atoms with Crippen molar-refractivity contribution in [3.8, 4) is 0 Å². The molecule has 0 fully saturated rings. The Morgan fingerprint density at radius 2 is 1.09 bits per heavy atom. The molecule has 0 radical (unpaired) electrons. The van der Waals surface area contributed by atoms with Gasteiger partial charge in [0.25, 0.3) is 6.29 Å². The van der Waals surface area contributed by atoms with Gasteiger partial charge in [0.05, 0.1) is 11.1 Å². The Labute approximate surface area is 208 Å². The van der Waals surface area contributed by atoms with Gasteiger partial charge in [-0.2, -0.15) is 0 Å². The van der Waals surface area contributed by atoms with E-state index in [0.717, 1.165) is 49.7 Å². The van der Waals surface area contributed by atoms with Crippen LogP contribution in [0.25, 0.3) is 0 Å². The highest BCUT2D eigenvalue weighted by molar-refractivity contribution is 5.89. The van der Waals surface area contributed by atoms with E-state index in [9.17, 15) is 9.59 Å². The molecule has 0 aliphatic carbocycles. The van der Waals surface area contributed by atoms with E-state index in [2.05, 4.69) is 13.8 Å². The van der Waals surface area contributed by atoms with E-state index in [1.54, 1.807) is 31.2 Å². The van der Waals surface area contributed by atoms with Crippen molar-refractivity contribution in [2.45, 2.75) is 78.4 Å². The highest BCUT2D eigenvalue weighted by atomic mass is 17.3. The molecule has 192 valence electrons. The summed E-state index contributed by atoms with van der Waals surface area (Å²) in [6.45, 7) is 6.40. The van der Waals surface area contributed by atoms with Crippen LogP contribution < -0.4 is 0 Å². The van der Waals surface area contributed by atoms with Crippen molar-refractivity contribution in [2.75, 3.05) is 13.2 Å². The molecule has 2 aromatic carbocycles. The number of carbonyl (C=O) groups excluding carboxylic acids is 2. The molecule has 2 rings (SSSR count). The summed E-state index contributed by atoms with van der Waals surface area (Å²) in [4.78, 5) is 44.6. The zero-order valence-corrected chi connectivity index (χ0v) is 21.1. The minimum atomic E-state index is -1.23. The topological polar surface area (TPSA) is 80.3 Å². The van der Waals surface area contributed by atoms with E-state index in [-0.39, 0.29) is 6.61 Å². The van der Waals surface area contributed by atoms with Crippen molar-refractivity contribution in [3.63, 3.8) is 0 Å². The molecule has 0 aliphatic rings. The lowest BCUT2D eigenvalue weighted by molar-refractivity contribution is -0.426. The molecular weight excluding hydrogens is 448 g/mol. The molecule has 0 bridgehead atoms. The van der Waals surface area contributed by atoms with Crippen LogP contribution >= 0.6 is 0 Å². The van der Waals surface area contributed by atoms with E-state index in [1.807, 2.05) is 24.3 Å². The summed E-state index contributed by atoms with van der Waals surface area (Å²) < 4.78 is 5.26. The number of unbranched alkanes of at least 4 members (excludes halogenated alkanes) is 4. The number of aryl methyl sites for hydroxylation is 2. The lowest BCUT2D eigenvalue weighted by Gasteiger charge is -2.15. The third-order valence-corrected chi connectivity index (χ3v) is 5.44. The molecule has 7 nitrogen and oxygen atoms in total. The number of hydrogen-bond acceptors (Lipinski definition) is 7. The first-order valence-corrected chi connectivity index (χ1v) is 12.6. The summed E-state index contributed by atoms with van der Waals surface area (Å²) in [6, 6.07) is 14.4. The SMILES string of the molecule is CCCCCc1ccc(C(=O)OOC(COCC)OOC(=O)c2ccc(CCCCC)cc2)cc1. The second-order valence-electron chi connectivity index (χ2n) is 8.33. The molecule has 35 heavy (non-hydrogen) atoms. The van der Waals surface area contributed by atoms with Gasteiger partial charge in [-0.1, -0.05) is 63.8 Å². The first-order valence-electron chi connectivity index (χ1n) is 12.6. The molecule has 0 heterocycles. The monoisotopic (exact) mass is 486 g/mol. The molecule has 0 N–H and O–H groups in total. The summed E-state index contributed by atoms with van der Waals surface area (Å²) in [6.07, 6.45) is 7.60. The predicted octanol–water partition coefficient (Wildman–Crippen LogP) is 6.39. The summed E-state index contributed by atoms with van der Waals surface area (Å²) in [5.41, 5.74) is 3.01. The van der Waals surface area contributed by atoms with Gasteiger partial charge in [0, 0.05) is 6.61 Å². The van der Waals surface area contributed by atoms with E-state index < -0.39 is 18.2 Å². The Bertz CT molecular complexity index is 792. The zero-order chi connectivity index (χ0) is 25.3. The van der Waals surface area contributed by atoms with Crippen molar-refractivity contribution < 1.29 is 33.9 Å². The van der Waals surface area contributed by atoms with Crippen LogP contribution in [-0.2, 0) is 37.1 Å². The van der Waals surface area contributed by atoms with Crippen LogP contribution in [0.2, 0.25) is 0 Å². The number of carbonyl (C=O) groups is 2. The summed E-state index contributed by atoms with van der Waals surface area (Å²) in [5.74, 6) is -1.36. The molecule has 0 aliphatic heterocycles. The van der Waals surface area contributed by atoms with Gasteiger partial charge >= 0.3 is 11.9 Å². The van der Waals surface area contributed by atoms with Gasteiger partial charge in [-0.15, -0.1) is 9.78 Å². The first-order chi connectivity index (χ1) is 17.1. The van der Waals surface area contributed by atoms with Gasteiger partial charge in [0.2, 0.25) is 0 Å². The molecule has 7 heteroatoms. The third-order valence-electron chi connectivity index (χ3n) is 5.44. The van der Waals surface area contributed by atoms with Gasteiger partial charge < -0.3 is 4.74 Å². The van der Waals surface area contributed by atoms with Gasteiger partial charge in [0.15, 0.2) is 0 Å². The average Bonchev–Trinajstić information content (AvgIpc) is 2.89. The van der Waals surface area contributed by atoms with Crippen LogP contribution in [0.5, 0.6) is 0 Å². The van der Waals surface area contributed by atoms with Crippen LogP contribution in [0, 0.1) is 0 Å². The number of benzene rings is 2. The van der Waals surface area contributed by atoms with Crippen molar-refractivity contribution in [1.82, 2.24) is 0 Å². The number of ether oxygens (including phenoxy) is 1. The highest BCUT2D eigenvalue weighted by Gasteiger charge is 2.20. The van der Waals surface area contributed by atoms with Crippen molar-refractivity contribution in [3.05, 3.63) is 70.8 Å². The zero-order valence-electron chi connectivity index (χ0n) is 21.1. The Kier molecular flexibility index (Phi) is 13.7. The highest BCUT2D eigenvalue weighted by Crippen LogP contribution is 2.13. The molecular formula is C28H38O7. The van der Waals surface area contributed by atoms with Crippen LogP contribution in [-0.4, -0.2) is 31.4 Å². The van der Waals surface area contributed by atoms with E-state index in [1.165, 1.54) is 12.8 Å². The van der Waals surface area contributed by atoms with Gasteiger partial charge in [-0.05, 0) is 68.0 Å². The lowest BCUT2D eigenvalue weighted by Crippen LogP contribution is -2.26. The molecule has 0 amide bonds. The van der Waals surface area contributed by atoms with Gasteiger partial charge in [0.1, 0.15) is 6.61 Å².